The van der Waals surface area contributed by atoms with E-state index >= 15 is 0 Å². The largest absolute Gasteiger partial charge is 0.321 e. The molecule has 0 aliphatic rings. The summed E-state index contributed by atoms with van der Waals surface area (Å²) in [6.07, 6.45) is 0. The summed E-state index contributed by atoms with van der Waals surface area (Å²) in [6, 6.07) is 19.6. The molecule has 0 spiro atoms. The minimum atomic E-state index is -0.0933. The topological polar surface area (TPSA) is 61.9 Å². The third-order valence-corrected chi connectivity index (χ3v) is 3.41. The van der Waals surface area contributed by atoms with Crippen LogP contribution in [0.15, 0.2) is 65.5 Å². The molecule has 0 saturated carbocycles. The van der Waals surface area contributed by atoms with Gasteiger partial charge < -0.3 is 5.43 Å². The van der Waals surface area contributed by atoms with Gasteiger partial charge in [0, 0.05) is 24.0 Å². The Morgan fingerprint density at radius 3 is 2.41 bits per heavy atom. The second kappa shape index (κ2) is 6.32. The van der Waals surface area contributed by atoms with Gasteiger partial charge in [-0.2, -0.15) is 0 Å². The van der Waals surface area contributed by atoms with E-state index in [1.807, 2.05) is 49.4 Å². The number of rotatable bonds is 5. The van der Waals surface area contributed by atoms with Crippen LogP contribution in [0.2, 0.25) is 0 Å². The van der Waals surface area contributed by atoms with Gasteiger partial charge in [0.2, 0.25) is 0 Å². The number of benzene rings is 2. The van der Waals surface area contributed by atoms with Crippen molar-refractivity contribution >= 4 is 5.69 Å². The van der Waals surface area contributed by atoms with Gasteiger partial charge in [0.05, 0.1) is 5.69 Å². The molecular formula is C17H18N4O. The predicted molar refractivity (Wildman–Crippen MR) is 88.0 cm³/mol. The maximum atomic E-state index is 11.3. The van der Waals surface area contributed by atoms with Crippen molar-refractivity contribution in [1.29, 1.82) is 0 Å². The molecule has 0 fully saturated rings. The zero-order valence-electron chi connectivity index (χ0n) is 12.3. The van der Waals surface area contributed by atoms with Crippen molar-refractivity contribution in [2.75, 3.05) is 5.43 Å². The Balaban J connectivity index is 1.62. The van der Waals surface area contributed by atoms with E-state index in [1.165, 1.54) is 5.56 Å². The minimum Gasteiger partial charge on any atom is -0.321 e. The number of aryl methyl sites for hydroxylation is 1. The third kappa shape index (κ3) is 3.27. The number of hydrogen-bond donors (Lipinski definition) is 3. The molecule has 0 unspecified atom stereocenters. The number of nitrogens with one attached hydrogen (secondary N) is 3. The van der Waals surface area contributed by atoms with Gasteiger partial charge in [-0.05, 0) is 36.8 Å². The second-order valence-corrected chi connectivity index (χ2v) is 5.11. The van der Waals surface area contributed by atoms with Gasteiger partial charge in [-0.15, -0.1) is 0 Å². The van der Waals surface area contributed by atoms with Crippen molar-refractivity contribution in [3.05, 3.63) is 82.3 Å². The van der Waals surface area contributed by atoms with Crippen LogP contribution >= 0.6 is 0 Å². The summed E-state index contributed by atoms with van der Waals surface area (Å²) >= 11 is 0. The number of anilines is 1. The molecule has 5 heteroatoms. The fourth-order valence-corrected chi connectivity index (χ4v) is 2.29. The second-order valence-electron chi connectivity index (χ2n) is 5.11. The Kier molecular flexibility index (Phi) is 4.07. The van der Waals surface area contributed by atoms with Crippen molar-refractivity contribution in [2.24, 2.45) is 0 Å². The number of aromatic nitrogens is 2. The molecule has 2 aromatic carbocycles. The fraction of sp³-hybridized carbons (Fsp3) is 0.118. The van der Waals surface area contributed by atoms with Crippen molar-refractivity contribution in [2.45, 2.75) is 13.5 Å². The summed E-state index contributed by atoms with van der Waals surface area (Å²) in [6.45, 7) is 2.64. The lowest BCUT2D eigenvalue weighted by molar-refractivity contribution is 0.800. The molecule has 112 valence electrons. The quantitative estimate of drug-likeness (QED) is 0.634. The van der Waals surface area contributed by atoms with E-state index in [0.29, 0.717) is 0 Å². The molecule has 0 bridgehead atoms. The van der Waals surface area contributed by atoms with E-state index < -0.39 is 0 Å². The van der Waals surface area contributed by atoms with Crippen LogP contribution in [0.1, 0.15) is 11.3 Å². The average molecular weight is 294 g/mol. The van der Waals surface area contributed by atoms with Crippen molar-refractivity contribution in [3.63, 3.8) is 0 Å². The van der Waals surface area contributed by atoms with Crippen LogP contribution in [0.5, 0.6) is 0 Å². The van der Waals surface area contributed by atoms with E-state index in [9.17, 15) is 4.79 Å². The smallest absolute Gasteiger partial charge is 0.264 e. The lowest BCUT2D eigenvalue weighted by Gasteiger charge is -2.10. The molecule has 0 amide bonds. The summed E-state index contributed by atoms with van der Waals surface area (Å²) < 4.78 is 1.77. The highest BCUT2D eigenvalue weighted by molar-refractivity contribution is 5.48. The maximum absolute atomic E-state index is 11.3. The Bertz CT molecular complexity index is 788. The molecule has 1 aromatic heterocycles. The van der Waals surface area contributed by atoms with Gasteiger partial charge in [-0.3, -0.25) is 14.6 Å². The van der Waals surface area contributed by atoms with Crippen LogP contribution in [0.3, 0.4) is 0 Å². The molecule has 0 radical (unpaired) electrons. The molecule has 5 nitrogen and oxygen atoms in total. The molecule has 0 aliphatic heterocycles. The molecule has 22 heavy (non-hydrogen) atoms. The van der Waals surface area contributed by atoms with Gasteiger partial charge in [0.1, 0.15) is 0 Å². The fourth-order valence-electron chi connectivity index (χ4n) is 2.29. The lowest BCUT2D eigenvalue weighted by Crippen LogP contribution is -2.20. The van der Waals surface area contributed by atoms with Gasteiger partial charge in [-0.25, -0.2) is 5.43 Å². The summed E-state index contributed by atoms with van der Waals surface area (Å²) in [5.74, 6) is 0. The van der Waals surface area contributed by atoms with E-state index in [0.717, 1.165) is 23.6 Å². The van der Waals surface area contributed by atoms with Crippen LogP contribution in [0, 0.1) is 6.92 Å². The highest BCUT2D eigenvalue weighted by atomic mass is 16.1. The molecule has 3 aromatic rings. The standard InChI is InChI=1S/C17H18N4O/c1-13-11-17(22)20-21(13)16-9-7-15(8-10-16)19-18-12-14-5-3-2-4-6-14/h2-11,18-19H,12H2,1H3,(H,20,22). The molecule has 3 N–H and O–H groups in total. The normalized spacial score (nSPS) is 10.6. The van der Waals surface area contributed by atoms with Gasteiger partial charge in [0.25, 0.3) is 5.56 Å². The first-order chi connectivity index (χ1) is 10.7. The highest BCUT2D eigenvalue weighted by Gasteiger charge is 2.02. The van der Waals surface area contributed by atoms with E-state index in [1.54, 1.807) is 10.7 Å². The number of hydrogen-bond acceptors (Lipinski definition) is 3. The van der Waals surface area contributed by atoms with Gasteiger partial charge in [-0.1, -0.05) is 30.3 Å². The number of nitrogens with zero attached hydrogens (tertiary/aromatic N) is 1. The first-order valence-electron chi connectivity index (χ1n) is 7.14. The number of hydrazine groups is 1. The van der Waals surface area contributed by atoms with Gasteiger partial charge >= 0.3 is 0 Å². The lowest BCUT2D eigenvalue weighted by atomic mass is 10.2. The van der Waals surface area contributed by atoms with Crippen LogP contribution in [-0.2, 0) is 6.54 Å². The first-order valence-corrected chi connectivity index (χ1v) is 7.14. The Labute approximate surface area is 128 Å². The van der Waals surface area contributed by atoms with E-state index in [4.69, 9.17) is 0 Å². The Hall–Kier alpha value is -2.79. The maximum Gasteiger partial charge on any atom is 0.264 e. The van der Waals surface area contributed by atoms with Crippen LogP contribution < -0.4 is 16.4 Å². The minimum absolute atomic E-state index is 0.0933. The Morgan fingerprint density at radius 2 is 1.77 bits per heavy atom. The first kappa shape index (κ1) is 14.2. The van der Waals surface area contributed by atoms with Gasteiger partial charge in [0.15, 0.2) is 0 Å². The number of aromatic amines is 1. The average Bonchev–Trinajstić information content (AvgIpc) is 2.88. The molecule has 1 heterocycles. The molecule has 3 rings (SSSR count). The van der Waals surface area contributed by atoms with E-state index in [2.05, 4.69) is 28.1 Å². The monoisotopic (exact) mass is 294 g/mol. The zero-order valence-corrected chi connectivity index (χ0v) is 12.3. The molecule has 0 atom stereocenters. The molecule has 0 saturated heterocycles. The van der Waals surface area contributed by atoms with Crippen LogP contribution in [0.25, 0.3) is 5.69 Å². The third-order valence-electron chi connectivity index (χ3n) is 3.41. The van der Waals surface area contributed by atoms with Crippen LogP contribution in [-0.4, -0.2) is 9.78 Å². The molecular weight excluding hydrogens is 276 g/mol. The summed E-state index contributed by atoms with van der Waals surface area (Å²) in [7, 11) is 0. The van der Waals surface area contributed by atoms with Crippen LogP contribution in [0.4, 0.5) is 5.69 Å². The zero-order chi connectivity index (χ0) is 15.4. The van der Waals surface area contributed by atoms with Crippen molar-refractivity contribution in [1.82, 2.24) is 15.2 Å². The Morgan fingerprint density at radius 1 is 1.05 bits per heavy atom. The van der Waals surface area contributed by atoms with Crippen molar-refractivity contribution < 1.29 is 0 Å². The number of H-pyrrole nitrogens is 1. The summed E-state index contributed by atoms with van der Waals surface area (Å²) in [5, 5.41) is 2.77. The van der Waals surface area contributed by atoms with E-state index in [-0.39, 0.29) is 5.56 Å². The SMILES string of the molecule is Cc1cc(=O)[nH]n1-c1ccc(NNCc2ccccc2)cc1. The molecule has 0 aliphatic carbocycles. The summed E-state index contributed by atoms with van der Waals surface area (Å²) in [5.41, 5.74) is 10.2. The highest BCUT2D eigenvalue weighted by Crippen LogP contribution is 2.13. The predicted octanol–water partition coefficient (Wildman–Crippen LogP) is 2.59. The van der Waals surface area contributed by atoms with Crippen molar-refractivity contribution in [3.8, 4) is 5.69 Å². The summed E-state index contributed by atoms with van der Waals surface area (Å²) in [4.78, 5) is 11.3.